The third-order valence-electron chi connectivity index (χ3n) is 4.22. The molecule has 0 aliphatic heterocycles. The molecule has 0 aliphatic rings. The molecule has 1 N–H and O–H groups in total. The number of rotatable bonds is 5. The molecule has 1 heterocycles. The van der Waals surface area contributed by atoms with Crippen molar-refractivity contribution in [2.45, 2.75) is 26.4 Å². The van der Waals surface area contributed by atoms with E-state index in [-0.39, 0.29) is 11.9 Å². The lowest BCUT2D eigenvalue weighted by molar-refractivity contribution is -0.120. The van der Waals surface area contributed by atoms with Crippen molar-refractivity contribution in [1.29, 1.82) is 0 Å². The predicted molar refractivity (Wildman–Crippen MR) is 105 cm³/mol. The molecule has 0 radical (unpaired) electrons. The number of hydrogen-bond acceptors (Lipinski definition) is 4. The molecule has 3 rings (SSSR count). The van der Waals surface area contributed by atoms with Gasteiger partial charge in [0, 0.05) is 10.7 Å². The van der Waals surface area contributed by atoms with Crippen molar-refractivity contribution in [3.05, 3.63) is 58.1 Å². The van der Waals surface area contributed by atoms with E-state index in [0.29, 0.717) is 11.6 Å². The topological polar surface area (TPSA) is 45.2 Å². The Kier molecular flexibility index (Phi) is 5.37. The van der Waals surface area contributed by atoms with Gasteiger partial charge in [0.25, 0.3) is 0 Å². The number of amides is 1. The minimum absolute atomic E-state index is 0.0611. The number of aryl methyl sites for hydroxylation is 1. The molecule has 130 valence electrons. The summed E-state index contributed by atoms with van der Waals surface area (Å²) in [6, 6.07) is 13.3. The molecule has 0 spiro atoms. The molecule has 0 saturated heterocycles. The van der Waals surface area contributed by atoms with E-state index in [0.717, 1.165) is 26.5 Å². The molecule has 0 aliphatic carbocycles. The van der Waals surface area contributed by atoms with Crippen LogP contribution in [0, 0.1) is 6.92 Å². The Balaban J connectivity index is 1.67. The maximum absolute atomic E-state index is 12.6. The number of carbonyl (C=O) groups is 1. The van der Waals surface area contributed by atoms with E-state index in [1.807, 2.05) is 56.1 Å². The lowest BCUT2D eigenvalue weighted by Crippen LogP contribution is -2.39. The number of anilines is 1. The van der Waals surface area contributed by atoms with Crippen LogP contribution in [-0.4, -0.2) is 28.9 Å². The number of benzene rings is 2. The number of likely N-dealkylation sites (N-methyl/N-ethyl adjacent to an activating group) is 1. The van der Waals surface area contributed by atoms with Crippen molar-refractivity contribution in [3.8, 4) is 0 Å². The SMILES string of the molecule is Cc1ccc(Cl)cc1NC(=O)C(C)N(C)Cc1nc2ccccc2s1. The number of carbonyl (C=O) groups excluding carboxylic acids is 1. The van der Waals surface area contributed by atoms with Gasteiger partial charge in [-0.3, -0.25) is 9.69 Å². The number of para-hydroxylation sites is 1. The highest BCUT2D eigenvalue weighted by molar-refractivity contribution is 7.18. The summed E-state index contributed by atoms with van der Waals surface area (Å²) >= 11 is 7.68. The highest BCUT2D eigenvalue weighted by atomic mass is 35.5. The molecule has 2 aromatic carbocycles. The predicted octanol–water partition coefficient (Wildman–Crippen LogP) is 4.72. The van der Waals surface area contributed by atoms with E-state index in [4.69, 9.17) is 11.6 Å². The molecule has 1 amide bonds. The fourth-order valence-corrected chi connectivity index (χ4v) is 3.71. The second kappa shape index (κ2) is 7.52. The van der Waals surface area contributed by atoms with E-state index >= 15 is 0 Å². The molecule has 25 heavy (non-hydrogen) atoms. The molecular formula is C19H20ClN3OS. The first-order valence-corrected chi connectivity index (χ1v) is 9.25. The first kappa shape index (κ1) is 17.9. The summed E-state index contributed by atoms with van der Waals surface area (Å²) in [5.41, 5.74) is 2.74. The van der Waals surface area contributed by atoms with Crippen LogP contribution in [0.25, 0.3) is 10.2 Å². The average molecular weight is 374 g/mol. The zero-order chi connectivity index (χ0) is 18.0. The van der Waals surface area contributed by atoms with Crippen molar-refractivity contribution in [1.82, 2.24) is 9.88 Å². The number of halogens is 1. The van der Waals surface area contributed by atoms with Crippen molar-refractivity contribution >= 4 is 44.7 Å². The van der Waals surface area contributed by atoms with Crippen LogP contribution in [0.4, 0.5) is 5.69 Å². The molecule has 3 aromatic rings. The summed E-state index contributed by atoms with van der Waals surface area (Å²) in [6.07, 6.45) is 0. The Hall–Kier alpha value is -1.95. The van der Waals surface area contributed by atoms with Crippen LogP contribution in [0.5, 0.6) is 0 Å². The maximum Gasteiger partial charge on any atom is 0.241 e. The molecule has 1 atom stereocenters. The second-order valence-electron chi connectivity index (χ2n) is 6.11. The van der Waals surface area contributed by atoms with Crippen LogP contribution in [0.2, 0.25) is 5.02 Å². The summed E-state index contributed by atoms with van der Waals surface area (Å²) in [5.74, 6) is -0.0611. The van der Waals surface area contributed by atoms with Crippen LogP contribution >= 0.6 is 22.9 Å². The van der Waals surface area contributed by atoms with Gasteiger partial charge in [-0.25, -0.2) is 4.98 Å². The minimum Gasteiger partial charge on any atom is -0.324 e. The number of thiazole rings is 1. The summed E-state index contributed by atoms with van der Waals surface area (Å²) < 4.78 is 1.16. The van der Waals surface area contributed by atoms with Crippen molar-refractivity contribution in [2.24, 2.45) is 0 Å². The van der Waals surface area contributed by atoms with Gasteiger partial charge < -0.3 is 5.32 Å². The zero-order valence-electron chi connectivity index (χ0n) is 14.4. The summed E-state index contributed by atoms with van der Waals surface area (Å²) in [4.78, 5) is 19.2. The first-order valence-electron chi connectivity index (χ1n) is 8.06. The molecule has 0 saturated carbocycles. The Morgan fingerprint density at radius 3 is 2.84 bits per heavy atom. The molecule has 1 unspecified atom stereocenters. The largest absolute Gasteiger partial charge is 0.324 e. The lowest BCUT2D eigenvalue weighted by atomic mass is 10.2. The van der Waals surface area contributed by atoms with Gasteiger partial charge in [-0.15, -0.1) is 11.3 Å². The Labute approximate surface area is 156 Å². The maximum atomic E-state index is 12.6. The van der Waals surface area contributed by atoms with Gasteiger partial charge in [0.05, 0.1) is 22.8 Å². The molecule has 0 bridgehead atoms. The molecular weight excluding hydrogens is 354 g/mol. The fourth-order valence-electron chi connectivity index (χ4n) is 2.50. The van der Waals surface area contributed by atoms with E-state index in [1.165, 1.54) is 0 Å². The number of nitrogens with one attached hydrogen (secondary N) is 1. The smallest absolute Gasteiger partial charge is 0.241 e. The van der Waals surface area contributed by atoms with E-state index in [9.17, 15) is 4.79 Å². The zero-order valence-corrected chi connectivity index (χ0v) is 16.0. The van der Waals surface area contributed by atoms with Crippen LogP contribution in [-0.2, 0) is 11.3 Å². The normalized spacial score (nSPS) is 12.5. The second-order valence-corrected chi connectivity index (χ2v) is 7.67. The lowest BCUT2D eigenvalue weighted by Gasteiger charge is -2.23. The average Bonchev–Trinajstić information content (AvgIpc) is 2.99. The molecule has 4 nitrogen and oxygen atoms in total. The number of fused-ring (bicyclic) bond motifs is 1. The third kappa shape index (κ3) is 4.18. The van der Waals surface area contributed by atoms with Gasteiger partial charge in [-0.2, -0.15) is 0 Å². The fraction of sp³-hybridized carbons (Fsp3) is 0.263. The summed E-state index contributed by atoms with van der Waals surface area (Å²) in [5, 5.41) is 4.57. The summed E-state index contributed by atoms with van der Waals surface area (Å²) in [6.45, 7) is 4.46. The van der Waals surface area contributed by atoms with Crippen molar-refractivity contribution in [2.75, 3.05) is 12.4 Å². The Bertz CT molecular complexity index is 876. The van der Waals surface area contributed by atoms with Crippen LogP contribution < -0.4 is 5.32 Å². The highest BCUT2D eigenvalue weighted by Crippen LogP contribution is 2.23. The van der Waals surface area contributed by atoms with Gasteiger partial charge in [-0.05, 0) is 50.7 Å². The van der Waals surface area contributed by atoms with E-state index in [2.05, 4.69) is 16.4 Å². The van der Waals surface area contributed by atoms with Crippen LogP contribution in [0.3, 0.4) is 0 Å². The number of hydrogen-bond donors (Lipinski definition) is 1. The first-order chi connectivity index (χ1) is 11.9. The van der Waals surface area contributed by atoms with Gasteiger partial charge in [0.15, 0.2) is 0 Å². The van der Waals surface area contributed by atoms with Gasteiger partial charge in [0.1, 0.15) is 5.01 Å². The molecule has 0 fully saturated rings. The third-order valence-corrected chi connectivity index (χ3v) is 5.48. The van der Waals surface area contributed by atoms with Gasteiger partial charge >= 0.3 is 0 Å². The van der Waals surface area contributed by atoms with Crippen molar-refractivity contribution in [3.63, 3.8) is 0 Å². The van der Waals surface area contributed by atoms with E-state index in [1.54, 1.807) is 17.4 Å². The van der Waals surface area contributed by atoms with Gasteiger partial charge in [0.2, 0.25) is 5.91 Å². The molecule has 6 heteroatoms. The van der Waals surface area contributed by atoms with Gasteiger partial charge in [-0.1, -0.05) is 29.8 Å². The molecule has 1 aromatic heterocycles. The monoisotopic (exact) mass is 373 g/mol. The number of nitrogens with zero attached hydrogens (tertiary/aromatic N) is 2. The standard InChI is InChI=1S/C19H20ClN3OS/c1-12-8-9-14(20)10-16(12)22-19(24)13(2)23(3)11-18-21-15-6-4-5-7-17(15)25-18/h4-10,13H,11H2,1-3H3,(H,22,24). The minimum atomic E-state index is -0.287. The quantitative estimate of drug-likeness (QED) is 0.704. The van der Waals surface area contributed by atoms with E-state index < -0.39 is 0 Å². The summed E-state index contributed by atoms with van der Waals surface area (Å²) in [7, 11) is 1.93. The van der Waals surface area contributed by atoms with Crippen LogP contribution in [0.1, 0.15) is 17.5 Å². The number of aromatic nitrogens is 1. The Morgan fingerprint density at radius 1 is 1.32 bits per heavy atom. The Morgan fingerprint density at radius 2 is 2.08 bits per heavy atom. The highest BCUT2D eigenvalue weighted by Gasteiger charge is 2.20. The van der Waals surface area contributed by atoms with Crippen molar-refractivity contribution < 1.29 is 4.79 Å². The van der Waals surface area contributed by atoms with Crippen LogP contribution in [0.15, 0.2) is 42.5 Å².